The molecule has 0 fully saturated rings. The Morgan fingerprint density at radius 1 is 1.38 bits per heavy atom. The molecule has 0 spiro atoms. The molecule has 1 heterocycles. The Morgan fingerprint density at radius 3 is 2.62 bits per heavy atom. The van der Waals surface area contributed by atoms with Crippen LogP contribution in [0.1, 0.15) is 44.0 Å². The number of nitrogens with one attached hydrogen (secondary N) is 1. The Labute approximate surface area is 124 Å². The number of carbonyl (C=O) groups is 1. The lowest BCUT2D eigenvalue weighted by molar-refractivity contribution is -0.385. The number of nitrogens with zero attached hydrogens (tertiary/aromatic N) is 3. The lowest BCUT2D eigenvalue weighted by atomic mass is 10.2. The second kappa shape index (κ2) is 8.18. The van der Waals surface area contributed by atoms with E-state index in [9.17, 15) is 14.9 Å². The van der Waals surface area contributed by atoms with Gasteiger partial charge in [-0.1, -0.05) is 13.8 Å². The molecule has 1 rings (SSSR count). The van der Waals surface area contributed by atoms with Crippen LogP contribution in [0.2, 0.25) is 0 Å². The second-order valence-corrected chi connectivity index (χ2v) is 4.66. The molecule has 0 unspecified atom stereocenters. The third-order valence-electron chi connectivity index (χ3n) is 3.03. The van der Waals surface area contributed by atoms with Gasteiger partial charge in [-0.25, -0.2) is 4.98 Å². The van der Waals surface area contributed by atoms with Gasteiger partial charge in [0.25, 0.3) is 11.6 Å². The predicted octanol–water partition coefficient (Wildman–Crippen LogP) is 2.68. The monoisotopic (exact) mass is 294 g/mol. The van der Waals surface area contributed by atoms with Crippen LogP contribution in [-0.4, -0.2) is 40.3 Å². The summed E-state index contributed by atoms with van der Waals surface area (Å²) in [5.41, 5.74) is -0.166. The summed E-state index contributed by atoms with van der Waals surface area (Å²) in [5.74, 6) is 0.159. The molecule has 0 bridgehead atoms. The van der Waals surface area contributed by atoms with Gasteiger partial charge in [-0.2, -0.15) is 0 Å². The molecule has 1 N–H and O–H groups in total. The van der Waals surface area contributed by atoms with Gasteiger partial charge in [-0.15, -0.1) is 0 Å². The lowest BCUT2D eigenvalue weighted by Crippen LogP contribution is -2.32. The molecular formula is C14H22N4O3. The number of rotatable bonds is 8. The molecule has 21 heavy (non-hydrogen) atoms. The summed E-state index contributed by atoms with van der Waals surface area (Å²) < 4.78 is 0. The van der Waals surface area contributed by atoms with Gasteiger partial charge in [0, 0.05) is 25.7 Å². The number of anilines is 1. The number of pyridine rings is 1. The van der Waals surface area contributed by atoms with Crippen molar-refractivity contribution >= 4 is 17.4 Å². The van der Waals surface area contributed by atoms with Crippen molar-refractivity contribution in [2.24, 2.45) is 0 Å². The molecule has 1 aromatic heterocycles. The van der Waals surface area contributed by atoms with Gasteiger partial charge in [-0.3, -0.25) is 14.9 Å². The van der Waals surface area contributed by atoms with Crippen molar-refractivity contribution in [3.8, 4) is 0 Å². The number of amides is 1. The molecule has 0 aliphatic heterocycles. The molecule has 0 aromatic carbocycles. The van der Waals surface area contributed by atoms with Crippen LogP contribution in [0.5, 0.6) is 0 Å². The van der Waals surface area contributed by atoms with E-state index in [4.69, 9.17) is 0 Å². The van der Waals surface area contributed by atoms with Crippen molar-refractivity contribution in [3.05, 3.63) is 27.9 Å². The van der Waals surface area contributed by atoms with E-state index in [0.29, 0.717) is 25.5 Å². The molecule has 0 saturated carbocycles. The van der Waals surface area contributed by atoms with Gasteiger partial charge >= 0.3 is 0 Å². The zero-order chi connectivity index (χ0) is 15.8. The van der Waals surface area contributed by atoms with Crippen LogP contribution < -0.4 is 5.32 Å². The molecule has 116 valence electrons. The third-order valence-corrected chi connectivity index (χ3v) is 3.03. The van der Waals surface area contributed by atoms with Crippen LogP contribution in [0.25, 0.3) is 0 Å². The molecule has 0 radical (unpaired) electrons. The van der Waals surface area contributed by atoms with Gasteiger partial charge in [0.05, 0.1) is 4.92 Å². The molecule has 0 saturated heterocycles. The average molecular weight is 294 g/mol. The zero-order valence-corrected chi connectivity index (χ0v) is 12.8. The van der Waals surface area contributed by atoms with E-state index in [1.54, 1.807) is 4.90 Å². The number of hydrogen-bond acceptors (Lipinski definition) is 5. The van der Waals surface area contributed by atoms with Crippen LogP contribution in [0.4, 0.5) is 11.5 Å². The molecule has 1 aromatic rings. The van der Waals surface area contributed by atoms with Crippen LogP contribution in [0.15, 0.2) is 12.3 Å². The van der Waals surface area contributed by atoms with Gasteiger partial charge in [-0.05, 0) is 19.8 Å². The van der Waals surface area contributed by atoms with Crippen molar-refractivity contribution < 1.29 is 9.72 Å². The lowest BCUT2D eigenvalue weighted by Gasteiger charge is -2.20. The number of nitro groups is 1. The summed E-state index contributed by atoms with van der Waals surface area (Å²) in [6, 6.07) is 1.47. The minimum absolute atomic E-state index is 0.0869. The van der Waals surface area contributed by atoms with Crippen LogP contribution >= 0.6 is 0 Å². The normalized spacial score (nSPS) is 10.2. The maximum atomic E-state index is 12.5. The second-order valence-electron chi connectivity index (χ2n) is 4.66. The van der Waals surface area contributed by atoms with Crippen molar-refractivity contribution in [1.29, 1.82) is 0 Å². The predicted molar refractivity (Wildman–Crippen MR) is 81.5 cm³/mol. The fourth-order valence-electron chi connectivity index (χ4n) is 1.96. The number of hydrogen-bond donors (Lipinski definition) is 1. The Morgan fingerprint density at radius 2 is 2.10 bits per heavy atom. The van der Waals surface area contributed by atoms with Gasteiger partial charge in [0.2, 0.25) is 0 Å². The fraction of sp³-hybridized carbons (Fsp3) is 0.571. The Balaban J connectivity index is 3.15. The van der Waals surface area contributed by atoms with Crippen molar-refractivity contribution in [3.63, 3.8) is 0 Å². The minimum atomic E-state index is -0.566. The fourth-order valence-corrected chi connectivity index (χ4v) is 1.96. The molecular weight excluding hydrogens is 272 g/mol. The van der Waals surface area contributed by atoms with Crippen molar-refractivity contribution in [2.45, 2.75) is 33.6 Å². The highest BCUT2D eigenvalue weighted by molar-refractivity contribution is 5.98. The van der Waals surface area contributed by atoms with E-state index in [1.165, 1.54) is 6.07 Å². The molecule has 0 atom stereocenters. The summed E-state index contributed by atoms with van der Waals surface area (Å²) in [6.45, 7) is 7.62. The minimum Gasteiger partial charge on any atom is -0.370 e. The third kappa shape index (κ3) is 4.40. The molecule has 7 nitrogen and oxygen atoms in total. The Hall–Kier alpha value is -2.18. The van der Waals surface area contributed by atoms with Crippen LogP contribution in [-0.2, 0) is 0 Å². The SMILES string of the molecule is CCCNc1cc(C(=O)N(CC)CCC)c([N+](=O)[O-])cn1. The van der Waals surface area contributed by atoms with Crippen LogP contribution in [0.3, 0.4) is 0 Å². The van der Waals surface area contributed by atoms with Crippen LogP contribution in [0, 0.1) is 10.1 Å². The first-order valence-corrected chi connectivity index (χ1v) is 7.22. The largest absolute Gasteiger partial charge is 0.370 e. The maximum Gasteiger partial charge on any atom is 0.300 e. The summed E-state index contributed by atoms with van der Waals surface area (Å²) in [6.07, 6.45) is 2.85. The highest BCUT2D eigenvalue weighted by Crippen LogP contribution is 2.22. The molecule has 0 aliphatic carbocycles. The Bertz CT molecular complexity index is 505. The number of carbonyl (C=O) groups excluding carboxylic acids is 1. The van der Waals surface area contributed by atoms with Gasteiger partial charge < -0.3 is 10.2 Å². The highest BCUT2D eigenvalue weighted by atomic mass is 16.6. The topological polar surface area (TPSA) is 88.4 Å². The van der Waals surface area contributed by atoms with E-state index >= 15 is 0 Å². The van der Waals surface area contributed by atoms with Gasteiger partial charge in [0.15, 0.2) is 0 Å². The zero-order valence-electron chi connectivity index (χ0n) is 12.8. The summed E-state index contributed by atoms with van der Waals surface area (Å²) in [4.78, 5) is 28.6. The number of aromatic nitrogens is 1. The maximum absolute atomic E-state index is 12.5. The first kappa shape index (κ1) is 16.9. The molecule has 1 amide bonds. The Kier molecular flexibility index (Phi) is 6.58. The first-order valence-electron chi connectivity index (χ1n) is 7.22. The van der Waals surface area contributed by atoms with E-state index in [-0.39, 0.29) is 17.2 Å². The van der Waals surface area contributed by atoms with E-state index in [1.807, 2.05) is 20.8 Å². The van der Waals surface area contributed by atoms with Gasteiger partial charge in [0.1, 0.15) is 17.6 Å². The highest BCUT2D eigenvalue weighted by Gasteiger charge is 2.24. The first-order chi connectivity index (χ1) is 10.0. The standard InChI is InChI=1S/C14H22N4O3/c1-4-7-15-13-9-11(12(10-16-13)18(20)21)14(19)17(6-3)8-5-2/h9-10H,4-8H2,1-3H3,(H,15,16). The summed E-state index contributed by atoms with van der Waals surface area (Å²) in [5, 5.41) is 14.1. The van der Waals surface area contributed by atoms with E-state index in [2.05, 4.69) is 10.3 Å². The smallest absolute Gasteiger partial charge is 0.300 e. The van der Waals surface area contributed by atoms with Crippen molar-refractivity contribution in [1.82, 2.24) is 9.88 Å². The van der Waals surface area contributed by atoms with Crippen molar-refractivity contribution in [2.75, 3.05) is 25.0 Å². The van der Waals surface area contributed by atoms with E-state index in [0.717, 1.165) is 19.0 Å². The summed E-state index contributed by atoms with van der Waals surface area (Å²) >= 11 is 0. The average Bonchev–Trinajstić information content (AvgIpc) is 2.49. The molecule has 7 heteroatoms. The summed E-state index contributed by atoms with van der Waals surface area (Å²) in [7, 11) is 0. The quantitative estimate of drug-likeness (QED) is 0.588. The molecule has 0 aliphatic rings. The van der Waals surface area contributed by atoms with E-state index < -0.39 is 4.92 Å².